The van der Waals surface area contributed by atoms with Gasteiger partial charge in [0, 0.05) is 12.1 Å². The highest BCUT2D eigenvalue weighted by Gasteiger charge is 2.08. The maximum absolute atomic E-state index is 12.2. The van der Waals surface area contributed by atoms with Gasteiger partial charge in [0.1, 0.15) is 5.75 Å². The van der Waals surface area contributed by atoms with Crippen LogP contribution in [0.3, 0.4) is 0 Å². The van der Waals surface area contributed by atoms with Gasteiger partial charge in [-0.15, -0.1) is 0 Å². The van der Waals surface area contributed by atoms with Crippen LogP contribution in [0.4, 0.5) is 5.69 Å². The molecule has 0 bridgehead atoms. The quantitative estimate of drug-likeness (QED) is 0.385. The topological polar surface area (TPSA) is 64.6 Å². The normalized spacial score (nSPS) is 10.4. The number of unbranched alkanes of at least 4 members (excludes halogenated alkanes) is 3. The van der Waals surface area contributed by atoms with Gasteiger partial charge in [-0.3, -0.25) is 4.79 Å². The number of hydrogen-bond acceptors (Lipinski definition) is 4. The number of hydrogen-bond donors (Lipinski definition) is 1. The first kappa shape index (κ1) is 22.5. The average molecular weight is 398 g/mol. The second-order valence-electron chi connectivity index (χ2n) is 6.90. The predicted molar refractivity (Wildman–Crippen MR) is 115 cm³/mol. The Bertz CT molecular complexity index is 753. The highest BCUT2D eigenvalue weighted by atomic mass is 16.5. The van der Waals surface area contributed by atoms with Crippen LogP contribution in [0.15, 0.2) is 48.5 Å². The molecule has 156 valence electrons. The highest BCUT2D eigenvalue weighted by Crippen LogP contribution is 2.15. The summed E-state index contributed by atoms with van der Waals surface area (Å²) < 4.78 is 10.7. The predicted octanol–water partition coefficient (Wildman–Crippen LogP) is 5.39. The third kappa shape index (κ3) is 8.38. The van der Waals surface area contributed by atoms with Crippen LogP contribution in [0.1, 0.15) is 61.9 Å². The summed E-state index contributed by atoms with van der Waals surface area (Å²) in [7, 11) is 0. The van der Waals surface area contributed by atoms with Crippen LogP contribution in [0.5, 0.6) is 5.75 Å². The zero-order chi connectivity index (χ0) is 20.9. The SMILES string of the molecule is CCCCCCOC(=O)c1ccc(NC(=O)CCc2ccc(OCC)cc2)cc1. The molecule has 0 heterocycles. The Kier molecular flexibility index (Phi) is 9.76. The van der Waals surface area contributed by atoms with Gasteiger partial charge in [0.05, 0.1) is 18.8 Å². The van der Waals surface area contributed by atoms with E-state index in [-0.39, 0.29) is 11.9 Å². The third-order valence-corrected chi connectivity index (χ3v) is 4.51. The number of nitrogens with one attached hydrogen (secondary N) is 1. The van der Waals surface area contributed by atoms with E-state index in [2.05, 4.69) is 12.2 Å². The number of aryl methyl sites for hydroxylation is 1. The van der Waals surface area contributed by atoms with Gasteiger partial charge in [-0.25, -0.2) is 4.79 Å². The molecule has 0 saturated heterocycles. The van der Waals surface area contributed by atoms with Crippen molar-refractivity contribution in [3.05, 3.63) is 59.7 Å². The molecule has 5 heteroatoms. The maximum Gasteiger partial charge on any atom is 0.338 e. The Labute approximate surface area is 173 Å². The largest absolute Gasteiger partial charge is 0.494 e. The van der Waals surface area contributed by atoms with Crippen molar-refractivity contribution in [3.8, 4) is 5.75 Å². The van der Waals surface area contributed by atoms with Crippen molar-refractivity contribution in [1.82, 2.24) is 0 Å². The molecule has 0 radical (unpaired) electrons. The number of carbonyl (C=O) groups is 2. The molecule has 1 N–H and O–H groups in total. The molecule has 0 aliphatic heterocycles. The molecule has 0 fully saturated rings. The van der Waals surface area contributed by atoms with E-state index < -0.39 is 0 Å². The summed E-state index contributed by atoms with van der Waals surface area (Å²) in [5.74, 6) is 0.445. The smallest absolute Gasteiger partial charge is 0.338 e. The number of rotatable bonds is 12. The molecular formula is C24H31NO4. The average Bonchev–Trinajstić information content (AvgIpc) is 2.74. The zero-order valence-electron chi connectivity index (χ0n) is 17.4. The highest BCUT2D eigenvalue weighted by molar-refractivity contribution is 5.93. The van der Waals surface area contributed by atoms with Gasteiger partial charge in [0.25, 0.3) is 0 Å². The van der Waals surface area contributed by atoms with Crippen molar-refractivity contribution in [3.63, 3.8) is 0 Å². The molecule has 2 rings (SSSR count). The zero-order valence-corrected chi connectivity index (χ0v) is 17.4. The van der Waals surface area contributed by atoms with Crippen LogP contribution < -0.4 is 10.1 Å². The lowest BCUT2D eigenvalue weighted by Crippen LogP contribution is -2.12. The Morgan fingerprint density at radius 3 is 2.28 bits per heavy atom. The van der Waals surface area contributed by atoms with Gasteiger partial charge in [-0.2, -0.15) is 0 Å². The first-order valence-corrected chi connectivity index (χ1v) is 10.4. The Balaban J connectivity index is 1.73. The van der Waals surface area contributed by atoms with Gasteiger partial charge in [0.2, 0.25) is 5.91 Å². The molecule has 5 nitrogen and oxygen atoms in total. The summed E-state index contributed by atoms with van der Waals surface area (Å²) in [5, 5.41) is 2.86. The van der Waals surface area contributed by atoms with Gasteiger partial charge in [-0.05, 0) is 61.7 Å². The number of carbonyl (C=O) groups excluding carboxylic acids is 2. The van der Waals surface area contributed by atoms with Gasteiger partial charge in [-0.1, -0.05) is 38.3 Å². The Hall–Kier alpha value is -2.82. The summed E-state index contributed by atoms with van der Waals surface area (Å²) in [5.41, 5.74) is 2.25. The van der Waals surface area contributed by atoms with E-state index in [1.165, 1.54) is 0 Å². The molecule has 29 heavy (non-hydrogen) atoms. The second-order valence-corrected chi connectivity index (χ2v) is 6.90. The molecule has 0 aliphatic carbocycles. The fraction of sp³-hybridized carbons (Fsp3) is 0.417. The summed E-state index contributed by atoms with van der Waals surface area (Å²) in [6.07, 6.45) is 5.32. The Morgan fingerprint density at radius 1 is 0.897 bits per heavy atom. The number of benzene rings is 2. The molecule has 0 saturated carbocycles. The van der Waals surface area contributed by atoms with E-state index in [4.69, 9.17) is 9.47 Å². The van der Waals surface area contributed by atoms with Crippen LogP contribution >= 0.6 is 0 Å². The second kappa shape index (κ2) is 12.6. The van der Waals surface area contributed by atoms with Crippen molar-refractivity contribution in [2.24, 2.45) is 0 Å². The van der Waals surface area contributed by atoms with Crippen LogP contribution in [-0.4, -0.2) is 25.1 Å². The molecule has 2 aromatic carbocycles. The number of anilines is 1. The molecule has 1 amide bonds. The fourth-order valence-electron chi connectivity index (χ4n) is 2.87. The monoisotopic (exact) mass is 397 g/mol. The minimum atomic E-state index is -0.324. The van der Waals surface area contributed by atoms with Gasteiger partial charge >= 0.3 is 5.97 Å². The van der Waals surface area contributed by atoms with E-state index in [0.717, 1.165) is 37.0 Å². The van der Waals surface area contributed by atoms with Crippen molar-refractivity contribution in [1.29, 1.82) is 0 Å². The van der Waals surface area contributed by atoms with E-state index in [0.29, 0.717) is 37.3 Å². The molecule has 0 unspecified atom stereocenters. The Morgan fingerprint density at radius 2 is 1.62 bits per heavy atom. The minimum Gasteiger partial charge on any atom is -0.494 e. The van der Waals surface area contributed by atoms with Crippen molar-refractivity contribution in [2.45, 2.75) is 52.4 Å². The van der Waals surface area contributed by atoms with E-state index >= 15 is 0 Å². The standard InChI is InChI=1S/C24H31NO4/c1-3-5-6-7-18-29-24(27)20-11-13-21(14-12-20)25-23(26)17-10-19-8-15-22(16-9-19)28-4-2/h8-9,11-16H,3-7,10,17-18H2,1-2H3,(H,25,26). The first-order valence-electron chi connectivity index (χ1n) is 10.4. The van der Waals surface area contributed by atoms with E-state index in [9.17, 15) is 9.59 Å². The molecule has 0 aromatic heterocycles. The molecular weight excluding hydrogens is 366 g/mol. The third-order valence-electron chi connectivity index (χ3n) is 4.51. The molecule has 0 atom stereocenters. The van der Waals surface area contributed by atoms with Crippen LogP contribution in [-0.2, 0) is 16.0 Å². The number of ether oxygens (including phenoxy) is 2. The number of esters is 1. The summed E-state index contributed by atoms with van der Waals surface area (Å²) in [4.78, 5) is 24.2. The van der Waals surface area contributed by atoms with E-state index in [1.54, 1.807) is 24.3 Å². The summed E-state index contributed by atoms with van der Waals surface area (Å²) >= 11 is 0. The van der Waals surface area contributed by atoms with Crippen molar-refractivity contribution < 1.29 is 19.1 Å². The minimum absolute atomic E-state index is 0.0647. The fourth-order valence-corrected chi connectivity index (χ4v) is 2.87. The summed E-state index contributed by atoms with van der Waals surface area (Å²) in [6, 6.07) is 14.6. The van der Waals surface area contributed by atoms with Crippen molar-refractivity contribution in [2.75, 3.05) is 18.5 Å². The lowest BCUT2D eigenvalue weighted by atomic mass is 10.1. The van der Waals surface area contributed by atoms with Crippen LogP contribution in [0.2, 0.25) is 0 Å². The van der Waals surface area contributed by atoms with Crippen LogP contribution in [0, 0.1) is 0 Å². The molecule has 2 aromatic rings. The van der Waals surface area contributed by atoms with Gasteiger partial charge < -0.3 is 14.8 Å². The maximum atomic E-state index is 12.2. The molecule has 0 spiro atoms. The van der Waals surface area contributed by atoms with Gasteiger partial charge in [0.15, 0.2) is 0 Å². The van der Waals surface area contributed by atoms with Crippen LogP contribution in [0.25, 0.3) is 0 Å². The molecule has 0 aliphatic rings. The number of amides is 1. The lowest BCUT2D eigenvalue weighted by Gasteiger charge is -2.08. The summed E-state index contributed by atoms with van der Waals surface area (Å²) in [6.45, 7) is 5.18. The van der Waals surface area contributed by atoms with E-state index in [1.807, 2.05) is 31.2 Å². The first-order chi connectivity index (χ1) is 14.1. The lowest BCUT2D eigenvalue weighted by molar-refractivity contribution is -0.116. The van der Waals surface area contributed by atoms with Crippen molar-refractivity contribution >= 4 is 17.6 Å².